The second kappa shape index (κ2) is 9.46. The lowest BCUT2D eigenvalue weighted by molar-refractivity contribution is -0.384. The number of carbonyl (C=O) groups is 2. The number of fused-ring (bicyclic) bond motifs is 4. The van der Waals surface area contributed by atoms with Crippen LogP contribution in [-0.4, -0.2) is 53.7 Å². The van der Waals surface area contributed by atoms with Crippen molar-refractivity contribution in [2.45, 2.75) is 25.1 Å². The predicted octanol–water partition coefficient (Wildman–Crippen LogP) is 4.98. The van der Waals surface area contributed by atoms with Crippen molar-refractivity contribution in [2.24, 2.45) is 0 Å². The molecule has 3 amide bonds. The molecule has 2 saturated heterocycles. The topological polar surface area (TPSA) is 108 Å². The van der Waals surface area contributed by atoms with Crippen molar-refractivity contribution in [2.75, 3.05) is 36.0 Å². The molecule has 3 heterocycles. The van der Waals surface area contributed by atoms with Gasteiger partial charge in [-0.1, -0.05) is 11.6 Å². The van der Waals surface area contributed by atoms with Crippen molar-refractivity contribution in [3.05, 3.63) is 93.0 Å². The largest absolute Gasteiger partial charge is 0.467 e. The van der Waals surface area contributed by atoms with E-state index in [1.807, 2.05) is 19.1 Å². The highest BCUT2D eigenvalue weighted by Crippen LogP contribution is 2.46. The number of halogens is 1. The van der Waals surface area contributed by atoms with Crippen molar-refractivity contribution in [3.63, 3.8) is 0 Å². The number of piperazine rings is 1. The zero-order valence-electron chi connectivity index (χ0n) is 21.2. The zero-order chi connectivity index (χ0) is 27.3. The number of anilines is 2. The highest BCUT2D eigenvalue weighted by atomic mass is 35.5. The first-order valence-corrected chi connectivity index (χ1v) is 13.1. The predicted molar refractivity (Wildman–Crippen MR) is 147 cm³/mol. The van der Waals surface area contributed by atoms with Gasteiger partial charge in [0.25, 0.3) is 11.6 Å². The minimum atomic E-state index is -0.895. The Kier molecular flexibility index (Phi) is 6.06. The van der Waals surface area contributed by atoms with Crippen LogP contribution in [0.5, 0.6) is 5.75 Å². The Labute approximate surface area is 229 Å². The van der Waals surface area contributed by atoms with Crippen molar-refractivity contribution < 1.29 is 19.2 Å². The lowest BCUT2D eigenvalue weighted by atomic mass is 9.90. The molecule has 39 heavy (non-hydrogen) atoms. The number of ether oxygens (including phenoxy) is 1. The molecule has 3 aromatic rings. The number of amides is 3. The Morgan fingerprint density at radius 3 is 2.36 bits per heavy atom. The van der Waals surface area contributed by atoms with E-state index in [-0.39, 0.29) is 23.7 Å². The Bertz CT molecular complexity index is 1460. The molecule has 200 valence electrons. The zero-order valence-corrected chi connectivity index (χ0v) is 21.9. The SMILES string of the molecule is CC12CC(NC(=O)N1c1ccc(C(=O)N3CCN(c4ccc([N+](=O)[O-])cc4)CC3)cc1)c1cc(Cl)ccc1O2. The monoisotopic (exact) mass is 547 g/mol. The van der Waals surface area contributed by atoms with Crippen LogP contribution in [0.25, 0.3) is 0 Å². The van der Waals surface area contributed by atoms with Crippen LogP contribution in [-0.2, 0) is 0 Å². The first kappa shape index (κ1) is 25.0. The minimum absolute atomic E-state index is 0.0524. The number of non-ortho nitro benzene ring substituents is 1. The maximum Gasteiger partial charge on any atom is 0.325 e. The molecule has 2 bridgehead atoms. The van der Waals surface area contributed by atoms with E-state index in [0.717, 1.165) is 11.3 Å². The number of nitro benzene ring substituents is 1. The third-order valence-electron chi connectivity index (χ3n) is 7.60. The van der Waals surface area contributed by atoms with Gasteiger partial charge in [0.1, 0.15) is 5.75 Å². The first-order chi connectivity index (χ1) is 18.7. The molecule has 2 unspecified atom stereocenters. The van der Waals surface area contributed by atoms with Gasteiger partial charge in [0.15, 0.2) is 5.72 Å². The van der Waals surface area contributed by atoms with Crippen LogP contribution in [0.15, 0.2) is 66.7 Å². The summed E-state index contributed by atoms with van der Waals surface area (Å²) in [5, 5.41) is 14.5. The van der Waals surface area contributed by atoms with E-state index in [4.69, 9.17) is 16.3 Å². The summed E-state index contributed by atoms with van der Waals surface area (Å²) in [6, 6.07) is 18.4. The summed E-state index contributed by atoms with van der Waals surface area (Å²) in [6.07, 6.45) is 0.547. The van der Waals surface area contributed by atoms with Crippen molar-refractivity contribution in [1.29, 1.82) is 0 Å². The van der Waals surface area contributed by atoms with E-state index in [2.05, 4.69) is 10.2 Å². The van der Waals surface area contributed by atoms with Gasteiger partial charge in [0, 0.05) is 72.3 Å². The molecule has 1 N–H and O–H groups in total. The van der Waals surface area contributed by atoms with Gasteiger partial charge in [-0.15, -0.1) is 0 Å². The lowest BCUT2D eigenvalue weighted by Gasteiger charge is -2.50. The summed E-state index contributed by atoms with van der Waals surface area (Å²) >= 11 is 6.16. The Morgan fingerprint density at radius 2 is 1.69 bits per heavy atom. The molecule has 2 fully saturated rings. The number of nitro groups is 1. The first-order valence-electron chi connectivity index (χ1n) is 12.7. The van der Waals surface area contributed by atoms with E-state index < -0.39 is 10.6 Å². The second-order valence-corrected chi connectivity index (χ2v) is 10.5. The molecule has 0 radical (unpaired) electrons. The quantitative estimate of drug-likeness (QED) is 0.364. The molecule has 3 aliphatic heterocycles. The molecule has 0 saturated carbocycles. The molecule has 3 aliphatic rings. The smallest absolute Gasteiger partial charge is 0.325 e. The number of hydrogen-bond acceptors (Lipinski definition) is 6. The third kappa shape index (κ3) is 4.50. The van der Waals surface area contributed by atoms with E-state index >= 15 is 0 Å². The Balaban J connectivity index is 1.13. The molecular weight excluding hydrogens is 522 g/mol. The minimum Gasteiger partial charge on any atom is -0.467 e. The van der Waals surface area contributed by atoms with Crippen molar-refractivity contribution >= 4 is 40.6 Å². The number of carbonyl (C=O) groups excluding carboxylic acids is 2. The van der Waals surface area contributed by atoms with Gasteiger partial charge in [-0.2, -0.15) is 0 Å². The third-order valence-corrected chi connectivity index (χ3v) is 7.83. The summed E-state index contributed by atoms with van der Waals surface area (Å²) in [5.41, 5.74) is 2.08. The van der Waals surface area contributed by atoms with Crippen LogP contribution in [0, 0.1) is 10.1 Å². The van der Waals surface area contributed by atoms with Gasteiger partial charge in [-0.25, -0.2) is 4.79 Å². The average molecular weight is 548 g/mol. The Morgan fingerprint density at radius 1 is 1.03 bits per heavy atom. The van der Waals surface area contributed by atoms with Gasteiger partial charge in [0.2, 0.25) is 0 Å². The maximum atomic E-state index is 13.2. The van der Waals surface area contributed by atoms with Crippen LogP contribution in [0.4, 0.5) is 21.9 Å². The van der Waals surface area contributed by atoms with Gasteiger partial charge >= 0.3 is 6.03 Å². The maximum absolute atomic E-state index is 13.2. The highest BCUT2D eigenvalue weighted by Gasteiger charge is 2.49. The van der Waals surface area contributed by atoms with E-state index in [9.17, 15) is 19.7 Å². The van der Waals surface area contributed by atoms with E-state index in [1.165, 1.54) is 12.1 Å². The number of benzene rings is 3. The van der Waals surface area contributed by atoms with Crippen LogP contribution in [0.3, 0.4) is 0 Å². The fraction of sp³-hybridized carbons (Fsp3) is 0.286. The van der Waals surface area contributed by atoms with Crippen LogP contribution in [0.1, 0.15) is 35.3 Å². The van der Waals surface area contributed by atoms with Gasteiger partial charge < -0.3 is 19.9 Å². The van der Waals surface area contributed by atoms with Crippen LogP contribution in [0.2, 0.25) is 5.02 Å². The summed E-state index contributed by atoms with van der Waals surface area (Å²) in [5.74, 6) is 0.599. The summed E-state index contributed by atoms with van der Waals surface area (Å²) in [6.45, 7) is 4.20. The summed E-state index contributed by atoms with van der Waals surface area (Å²) in [4.78, 5) is 42.4. The molecule has 11 heteroatoms. The number of nitrogens with zero attached hydrogens (tertiary/aromatic N) is 4. The fourth-order valence-corrected chi connectivity index (χ4v) is 5.81. The molecule has 0 spiro atoms. The normalized spacial score (nSPS) is 22.1. The molecule has 0 aliphatic carbocycles. The van der Waals surface area contributed by atoms with Gasteiger partial charge in [-0.05, 0) is 61.5 Å². The van der Waals surface area contributed by atoms with Gasteiger partial charge in [-0.3, -0.25) is 19.8 Å². The molecule has 10 nitrogen and oxygen atoms in total. The van der Waals surface area contributed by atoms with Crippen LogP contribution >= 0.6 is 11.6 Å². The van der Waals surface area contributed by atoms with Crippen molar-refractivity contribution in [3.8, 4) is 5.75 Å². The highest BCUT2D eigenvalue weighted by molar-refractivity contribution is 6.30. The summed E-state index contributed by atoms with van der Waals surface area (Å²) < 4.78 is 6.31. The number of urea groups is 1. The summed E-state index contributed by atoms with van der Waals surface area (Å²) in [7, 11) is 0. The molecule has 0 aromatic heterocycles. The van der Waals surface area contributed by atoms with E-state index in [1.54, 1.807) is 52.3 Å². The lowest BCUT2D eigenvalue weighted by Crippen LogP contribution is -2.65. The van der Waals surface area contributed by atoms with Gasteiger partial charge in [0.05, 0.1) is 11.0 Å². The molecule has 2 atom stereocenters. The molecule has 6 rings (SSSR count). The van der Waals surface area contributed by atoms with Crippen molar-refractivity contribution in [1.82, 2.24) is 10.2 Å². The average Bonchev–Trinajstić information content (AvgIpc) is 2.93. The molecule has 3 aromatic carbocycles. The number of nitrogens with one attached hydrogen (secondary N) is 1. The molecular formula is C28H26ClN5O5. The Hall–Kier alpha value is -4.31. The number of hydrogen-bond donors (Lipinski definition) is 1. The van der Waals surface area contributed by atoms with Crippen LogP contribution < -0.4 is 19.9 Å². The standard InChI is InChI=1S/C28H26ClN5O5/c1-28-17-24(23-16-19(29)4-11-25(23)39-28)30-27(36)33(28)21-5-2-18(3-6-21)26(35)32-14-12-31(13-15-32)20-7-9-22(10-8-20)34(37)38/h2-11,16,24H,12-15,17H2,1H3,(H,30,36). The fourth-order valence-electron chi connectivity index (χ4n) is 5.62. The number of rotatable bonds is 4. The second-order valence-electron chi connectivity index (χ2n) is 10.1. The van der Waals surface area contributed by atoms with E-state index in [0.29, 0.717) is 54.6 Å².